The molecule has 0 spiro atoms. The van der Waals surface area contributed by atoms with E-state index in [1.54, 1.807) is 0 Å². The molecule has 0 aromatic carbocycles. The van der Waals surface area contributed by atoms with Crippen molar-refractivity contribution in [3.8, 4) is 0 Å². The molecule has 0 fully saturated rings. The van der Waals surface area contributed by atoms with E-state index < -0.39 is 5.97 Å². The highest BCUT2D eigenvalue weighted by atomic mass is 16.5. The van der Waals surface area contributed by atoms with Gasteiger partial charge in [0.15, 0.2) is 0 Å². The van der Waals surface area contributed by atoms with Crippen LogP contribution in [0.1, 0.15) is 213 Å². The van der Waals surface area contributed by atoms with E-state index in [0.29, 0.717) is 12.8 Å². The van der Waals surface area contributed by atoms with E-state index in [1.807, 2.05) is 0 Å². The number of amides is 1. The Morgan fingerprint density at radius 3 is 1.41 bits per heavy atom. The minimum atomic E-state index is -1.01. The van der Waals surface area contributed by atoms with Crippen LogP contribution in [0.4, 0.5) is 0 Å². The first kappa shape index (κ1) is 44.1. The first-order valence-electron chi connectivity index (χ1n) is 19.8. The zero-order valence-electron chi connectivity index (χ0n) is 30.4. The number of hydrogen-bond donors (Lipinski definition) is 2. The maximum Gasteiger partial charge on any atom is 0.322 e. The summed E-state index contributed by atoms with van der Waals surface area (Å²) >= 11 is 0. The fourth-order valence-corrected chi connectivity index (χ4v) is 5.98. The Morgan fingerprint density at radius 2 is 0.935 bits per heavy atom. The molecule has 0 aliphatic rings. The van der Waals surface area contributed by atoms with E-state index in [2.05, 4.69) is 31.3 Å². The third kappa shape index (κ3) is 35.0. The van der Waals surface area contributed by atoms with Crippen LogP contribution in [0.5, 0.6) is 0 Å². The Balaban J connectivity index is 4.16. The predicted molar refractivity (Wildman–Crippen MR) is 194 cm³/mol. The average molecular weight is 650 g/mol. The Labute approximate surface area is 284 Å². The maximum absolute atomic E-state index is 12.7. The fourth-order valence-electron chi connectivity index (χ4n) is 5.98. The molecule has 0 bridgehead atoms. The van der Waals surface area contributed by atoms with Crippen molar-refractivity contribution in [2.45, 2.75) is 219 Å². The number of carboxylic acids is 1. The molecule has 0 rings (SSSR count). The molecule has 46 heavy (non-hydrogen) atoms. The van der Waals surface area contributed by atoms with Gasteiger partial charge in [0.05, 0.1) is 0 Å². The molecule has 0 aromatic heterocycles. The molecule has 6 nitrogen and oxygen atoms in total. The minimum absolute atomic E-state index is 0.0218. The molecule has 0 saturated heterocycles. The number of ether oxygens (including phenoxy) is 1. The van der Waals surface area contributed by atoms with Gasteiger partial charge in [0.2, 0.25) is 5.91 Å². The summed E-state index contributed by atoms with van der Waals surface area (Å²) in [6.07, 6.45) is 40.4. The topological polar surface area (TPSA) is 92.7 Å². The van der Waals surface area contributed by atoms with Crippen LogP contribution >= 0.6 is 0 Å². The lowest BCUT2D eigenvalue weighted by Gasteiger charge is -2.18. The second-order valence-corrected chi connectivity index (χ2v) is 13.5. The second kappa shape index (κ2) is 36.0. The van der Waals surface area contributed by atoms with Crippen molar-refractivity contribution in [2.24, 2.45) is 0 Å². The van der Waals surface area contributed by atoms with Gasteiger partial charge in [-0.3, -0.25) is 14.4 Å². The quantitative estimate of drug-likeness (QED) is 0.0400. The van der Waals surface area contributed by atoms with Crippen LogP contribution in [0.2, 0.25) is 0 Å². The number of unbranched alkanes of at least 4 members (excludes halogenated alkanes) is 23. The molecule has 6 heteroatoms. The number of nitrogens with one attached hydrogen (secondary N) is 1. The highest BCUT2D eigenvalue weighted by molar-refractivity contribution is 5.80. The normalized spacial score (nSPS) is 12.0. The summed E-state index contributed by atoms with van der Waals surface area (Å²) in [5, 5.41) is 11.1. The molecular formula is C40H75NO5. The molecule has 1 atom stereocenters. The molecule has 0 aliphatic heterocycles. The number of carbonyl (C=O) groups excluding carboxylic acids is 2. The Hall–Kier alpha value is -1.85. The van der Waals surface area contributed by atoms with Crippen molar-refractivity contribution in [1.29, 1.82) is 0 Å². The lowest BCUT2D eigenvalue weighted by molar-refractivity contribution is -0.150. The van der Waals surface area contributed by atoms with E-state index in [9.17, 15) is 14.4 Å². The molecule has 0 radical (unpaired) electrons. The van der Waals surface area contributed by atoms with Gasteiger partial charge in [0.25, 0.3) is 0 Å². The van der Waals surface area contributed by atoms with Crippen molar-refractivity contribution >= 4 is 17.8 Å². The van der Waals surface area contributed by atoms with Crippen molar-refractivity contribution in [3.05, 3.63) is 12.2 Å². The first-order valence-corrected chi connectivity index (χ1v) is 19.8. The fraction of sp³-hybridized carbons (Fsp3) is 0.875. The third-order valence-electron chi connectivity index (χ3n) is 8.94. The van der Waals surface area contributed by atoms with Crippen molar-refractivity contribution in [2.75, 3.05) is 6.54 Å². The van der Waals surface area contributed by atoms with Crippen LogP contribution in [0.15, 0.2) is 12.2 Å². The first-order chi connectivity index (χ1) is 22.5. The molecule has 1 amide bonds. The zero-order valence-corrected chi connectivity index (χ0v) is 30.4. The number of carbonyl (C=O) groups is 3. The summed E-state index contributed by atoms with van der Waals surface area (Å²) in [4.78, 5) is 34.9. The van der Waals surface area contributed by atoms with E-state index in [1.165, 1.54) is 122 Å². The van der Waals surface area contributed by atoms with Crippen molar-refractivity contribution in [1.82, 2.24) is 5.32 Å². The second-order valence-electron chi connectivity index (χ2n) is 13.5. The Morgan fingerprint density at radius 1 is 0.543 bits per heavy atom. The van der Waals surface area contributed by atoms with E-state index in [4.69, 9.17) is 9.84 Å². The number of carboxylic acid groups (broad SMARTS) is 1. The van der Waals surface area contributed by atoms with Gasteiger partial charge < -0.3 is 15.2 Å². The van der Waals surface area contributed by atoms with Gasteiger partial charge in [-0.25, -0.2) is 0 Å². The summed E-state index contributed by atoms with van der Waals surface area (Å²) in [6, 6.07) is 0. The molecule has 270 valence electrons. The standard InChI is InChI=1S/C40H75NO5/c1-3-5-7-9-11-13-15-16-18-20-22-27-31-35-40(45)46-37(32-28-24-21-19-17-14-12-10-8-6-4-2)33-29-25-23-26-30-34-38(42)41-36-39(43)44/h13,15,37H,3-12,14,16-36H2,1-2H3,(H,41,42)(H,43,44)/b15-13-. The number of allylic oxidation sites excluding steroid dienone is 2. The summed E-state index contributed by atoms with van der Waals surface area (Å²) in [6.45, 7) is 4.21. The van der Waals surface area contributed by atoms with Gasteiger partial charge in [0, 0.05) is 12.8 Å². The van der Waals surface area contributed by atoms with E-state index in [-0.39, 0.29) is 24.5 Å². The zero-order chi connectivity index (χ0) is 33.8. The summed E-state index contributed by atoms with van der Waals surface area (Å²) in [5.41, 5.74) is 0. The van der Waals surface area contributed by atoms with Gasteiger partial charge in [-0.15, -0.1) is 0 Å². The third-order valence-corrected chi connectivity index (χ3v) is 8.94. The van der Waals surface area contributed by atoms with Crippen LogP contribution in [0.3, 0.4) is 0 Å². The Bertz CT molecular complexity index is 722. The molecule has 0 aliphatic carbocycles. The molecule has 2 N–H and O–H groups in total. The lowest BCUT2D eigenvalue weighted by Crippen LogP contribution is -2.28. The monoisotopic (exact) mass is 650 g/mol. The predicted octanol–water partition coefficient (Wildman–Crippen LogP) is 11.8. The van der Waals surface area contributed by atoms with Crippen LogP contribution in [0, 0.1) is 0 Å². The van der Waals surface area contributed by atoms with Gasteiger partial charge in [0.1, 0.15) is 12.6 Å². The van der Waals surface area contributed by atoms with Crippen LogP contribution < -0.4 is 5.32 Å². The SMILES string of the molecule is CCCCCC/C=C\CCCCCCCC(=O)OC(CCCCCCCCCCCCC)CCCCCCCC(=O)NCC(=O)O. The smallest absolute Gasteiger partial charge is 0.322 e. The molecule has 1 unspecified atom stereocenters. The van der Waals surface area contributed by atoms with Gasteiger partial charge in [-0.1, -0.05) is 148 Å². The molecule has 0 aromatic rings. The maximum atomic E-state index is 12.7. The van der Waals surface area contributed by atoms with Crippen LogP contribution in [-0.4, -0.2) is 35.6 Å². The summed E-state index contributed by atoms with van der Waals surface area (Å²) in [7, 11) is 0. The van der Waals surface area contributed by atoms with Crippen molar-refractivity contribution in [3.63, 3.8) is 0 Å². The van der Waals surface area contributed by atoms with Gasteiger partial charge >= 0.3 is 11.9 Å². The van der Waals surface area contributed by atoms with Gasteiger partial charge in [-0.2, -0.15) is 0 Å². The molecule has 0 saturated carbocycles. The Kier molecular flexibility index (Phi) is 34.5. The van der Waals surface area contributed by atoms with E-state index >= 15 is 0 Å². The average Bonchev–Trinajstić information content (AvgIpc) is 3.04. The number of hydrogen-bond acceptors (Lipinski definition) is 4. The number of esters is 1. The largest absolute Gasteiger partial charge is 0.480 e. The van der Waals surface area contributed by atoms with Crippen LogP contribution in [-0.2, 0) is 19.1 Å². The highest BCUT2D eigenvalue weighted by Crippen LogP contribution is 2.19. The minimum Gasteiger partial charge on any atom is -0.480 e. The van der Waals surface area contributed by atoms with Crippen LogP contribution in [0.25, 0.3) is 0 Å². The highest BCUT2D eigenvalue weighted by Gasteiger charge is 2.14. The van der Waals surface area contributed by atoms with Crippen molar-refractivity contribution < 1.29 is 24.2 Å². The number of aliphatic carboxylic acids is 1. The molecule has 0 heterocycles. The molecular weight excluding hydrogens is 574 g/mol. The summed E-state index contributed by atoms with van der Waals surface area (Å²) < 4.78 is 6.01. The van der Waals surface area contributed by atoms with Gasteiger partial charge in [-0.05, 0) is 64.2 Å². The summed E-state index contributed by atoms with van der Waals surface area (Å²) in [5.74, 6) is -1.23. The number of rotatable bonds is 36. The lowest BCUT2D eigenvalue weighted by atomic mass is 10.0. The van der Waals surface area contributed by atoms with E-state index in [0.717, 1.165) is 64.2 Å².